The number of ether oxygens (including phenoxy) is 1. The van der Waals surface area contributed by atoms with Crippen molar-refractivity contribution in [1.29, 1.82) is 0 Å². The van der Waals surface area contributed by atoms with E-state index in [0.29, 0.717) is 11.4 Å². The van der Waals surface area contributed by atoms with Gasteiger partial charge < -0.3 is 9.14 Å². The van der Waals surface area contributed by atoms with Crippen LogP contribution < -0.4 is 9.46 Å². The van der Waals surface area contributed by atoms with Crippen molar-refractivity contribution in [1.82, 2.24) is 9.38 Å². The molecule has 0 unspecified atom stereocenters. The molecular formula is C24H19N3O3S. The van der Waals surface area contributed by atoms with Crippen molar-refractivity contribution in [3.63, 3.8) is 0 Å². The lowest BCUT2D eigenvalue weighted by atomic mass is 10.1. The van der Waals surface area contributed by atoms with Crippen molar-refractivity contribution in [3.8, 4) is 17.0 Å². The molecule has 31 heavy (non-hydrogen) atoms. The maximum atomic E-state index is 13.1. The van der Waals surface area contributed by atoms with Crippen LogP contribution in [-0.4, -0.2) is 24.9 Å². The maximum absolute atomic E-state index is 13.1. The van der Waals surface area contributed by atoms with Gasteiger partial charge in [0, 0.05) is 18.0 Å². The molecule has 0 saturated carbocycles. The number of benzene rings is 3. The third-order valence-electron chi connectivity index (χ3n) is 5.13. The predicted octanol–water partition coefficient (Wildman–Crippen LogP) is 4.96. The topological polar surface area (TPSA) is 72.7 Å². The van der Waals surface area contributed by atoms with E-state index >= 15 is 0 Å². The van der Waals surface area contributed by atoms with E-state index in [0.717, 1.165) is 27.7 Å². The molecule has 154 valence electrons. The number of anilines is 1. The van der Waals surface area contributed by atoms with Crippen molar-refractivity contribution in [3.05, 3.63) is 91.3 Å². The lowest BCUT2D eigenvalue weighted by Gasteiger charge is -2.13. The molecule has 5 rings (SSSR count). The van der Waals surface area contributed by atoms with Crippen molar-refractivity contribution in [2.45, 2.75) is 4.90 Å². The first-order chi connectivity index (χ1) is 15.0. The molecule has 6 nitrogen and oxygen atoms in total. The van der Waals surface area contributed by atoms with Gasteiger partial charge in [-0.15, -0.1) is 0 Å². The number of aromatic nitrogens is 2. The molecular weight excluding hydrogens is 410 g/mol. The first-order valence-electron chi connectivity index (χ1n) is 9.67. The third kappa shape index (κ3) is 3.60. The van der Waals surface area contributed by atoms with Crippen LogP contribution in [0.25, 0.3) is 27.7 Å². The minimum atomic E-state index is -3.82. The van der Waals surface area contributed by atoms with Gasteiger partial charge in [0.05, 0.1) is 23.4 Å². The zero-order valence-corrected chi connectivity index (χ0v) is 17.5. The van der Waals surface area contributed by atoms with Crippen molar-refractivity contribution < 1.29 is 13.2 Å². The van der Waals surface area contributed by atoms with Gasteiger partial charge in [-0.1, -0.05) is 36.4 Å². The highest BCUT2D eigenvalue weighted by Crippen LogP contribution is 2.32. The van der Waals surface area contributed by atoms with Crippen LogP contribution in [-0.2, 0) is 10.0 Å². The van der Waals surface area contributed by atoms with E-state index in [1.165, 1.54) is 7.11 Å². The van der Waals surface area contributed by atoms with Crippen LogP contribution in [0.5, 0.6) is 5.75 Å². The Bertz CT molecular complexity index is 1490. The highest BCUT2D eigenvalue weighted by Gasteiger charge is 2.18. The molecule has 0 spiro atoms. The van der Waals surface area contributed by atoms with Gasteiger partial charge in [0.15, 0.2) is 0 Å². The number of sulfonamides is 1. The number of methoxy groups -OCH3 is 1. The minimum absolute atomic E-state index is 0.186. The van der Waals surface area contributed by atoms with Gasteiger partial charge in [0.2, 0.25) is 0 Å². The van der Waals surface area contributed by atoms with E-state index in [-0.39, 0.29) is 4.90 Å². The molecule has 0 aliphatic carbocycles. The van der Waals surface area contributed by atoms with Crippen LogP contribution in [0.15, 0.2) is 96.2 Å². The molecule has 0 atom stereocenters. The van der Waals surface area contributed by atoms with Gasteiger partial charge >= 0.3 is 0 Å². The summed E-state index contributed by atoms with van der Waals surface area (Å²) in [6.45, 7) is 0. The molecule has 0 aliphatic rings. The normalized spacial score (nSPS) is 11.6. The Hall–Kier alpha value is -3.84. The monoisotopic (exact) mass is 429 g/mol. The SMILES string of the molecule is COc1ccc(-c2cn3ccccc3n2)cc1NS(=O)(=O)c1ccc2ccccc2c1. The first-order valence-corrected chi connectivity index (χ1v) is 11.2. The first kappa shape index (κ1) is 19.1. The summed E-state index contributed by atoms with van der Waals surface area (Å²) in [5.74, 6) is 0.428. The summed E-state index contributed by atoms with van der Waals surface area (Å²) in [7, 11) is -2.31. The van der Waals surface area contributed by atoms with Crippen LogP contribution in [0.4, 0.5) is 5.69 Å². The van der Waals surface area contributed by atoms with Crippen molar-refractivity contribution in [2.24, 2.45) is 0 Å². The summed E-state index contributed by atoms with van der Waals surface area (Å²) < 4.78 is 36.2. The number of rotatable bonds is 5. The fourth-order valence-corrected chi connectivity index (χ4v) is 4.66. The van der Waals surface area contributed by atoms with Crippen molar-refractivity contribution in [2.75, 3.05) is 11.8 Å². The van der Waals surface area contributed by atoms with Crippen LogP contribution in [0.3, 0.4) is 0 Å². The van der Waals surface area contributed by atoms with Gasteiger partial charge in [-0.25, -0.2) is 13.4 Å². The van der Waals surface area contributed by atoms with Gasteiger partial charge in [-0.05, 0) is 53.2 Å². The van der Waals surface area contributed by atoms with Gasteiger partial charge in [-0.3, -0.25) is 4.72 Å². The summed E-state index contributed by atoms with van der Waals surface area (Å²) in [6, 6.07) is 23.8. The van der Waals surface area contributed by atoms with Crippen LogP contribution in [0.1, 0.15) is 0 Å². The lowest BCUT2D eigenvalue weighted by Crippen LogP contribution is -2.13. The third-order valence-corrected chi connectivity index (χ3v) is 6.50. The van der Waals surface area contributed by atoms with Crippen LogP contribution >= 0.6 is 0 Å². The molecule has 7 heteroatoms. The van der Waals surface area contributed by atoms with E-state index in [2.05, 4.69) is 9.71 Å². The number of fused-ring (bicyclic) bond motifs is 2. The zero-order chi connectivity index (χ0) is 21.4. The fourth-order valence-electron chi connectivity index (χ4n) is 3.56. The Labute approximate surface area is 179 Å². The number of imidazole rings is 1. The van der Waals surface area contributed by atoms with E-state index < -0.39 is 10.0 Å². The minimum Gasteiger partial charge on any atom is -0.495 e. The van der Waals surface area contributed by atoms with Crippen molar-refractivity contribution >= 4 is 32.1 Å². The summed E-state index contributed by atoms with van der Waals surface area (Å²) in [5.41, 5.74) is 2.68. The molecule has 2 aromatic heterocycles. The van der Waals surface area contributed by atoms with E-state index in [9.17, 15) is 8.42 Å². The Morgan fingerprint density at radius 2 is 1.71 bits per heavy atom. The second-order valence-corrected chi connectivity index (χ2v) is 8.80. The highest BCUT2D eigenvalue weighted by molar-refractivity contribution is 7.92. The number of nitrogens with zero attached hydrogens (tertiary/aromatic N) is 2. The standard InChI is InChI=1S/C24H19N3O3S/c1-30-23-12-10-19(22-16-27-13-5-4-8-24(27)25-22)15-21(23)26-31(28,29)20-11-9-17-6-2-3-7-18(17)14-20/h2-16,26H,1H3. The van der Waals surface area contributed by atoms with Crippen LogP contribution in [0, 0.1) is 0 Å². The number of hydrogen-bond acceptors (Lipinski definition) is 4. The summed E-state index contributed by atoms with van der Waals surface area (Å²) >= 11 is 0. The van der Waals surface area contributed by atoms with E-state index in [1.807, 2.05) is 65.3 Å². The molecule has 5 aromatic rings. The smallest absolute Gasteiger partial charge is 0.262 e. The second-order valence-electron chi connectivity index (χ2n) is 7.12. The lowest BCUT2D eigenvalue weighted by molar-refractivity contribution is 0.417. The van der Waals surface area contributed by atoms with Gasteiger partial charge in [-0.2, -0.15) is 0 Å². The molecule has 0 aliphatic heterocycles. The molecule has 0 saturated heterocycles. The molecule has 0 radical (unpaired) electrons. The average molecular weight is 430 g/mol. The number of hydrogen-bond donors (Lipinski definition) is 1. The molecule has 0 bridgehead atoms. The van der Waals surface area contributed by atoms with E-state index in [4.69, 9.17) is 4.74 Å². The average Bonchev–Trinajstić information content (AvgIpc) is 3.23. The van der Waals surface area contributed by atoms with Crippen LogP contribution in [0.2, 0.25) is 0 Å². The molecule has 0 amide bonds. The Balaban J connectivity index is 1.54. The summed E-state index contributed by atoms with van der Waals surface area (Å²) in [4.78, 5) is 4.80. The summed E-state index contributed by atoms with van der Waals surface area (Å²) in [6.07, 6.45) is 3.82. The number of nitrogens with one attached hydrogen (secondary N) is 1. The summed E-state index contributed by atoms with van der Waals surface area (Å²) in [5, 5.41) is 1.84. The Kier molecular flexibility index (Phi) is 4.60. The quantitative estimate of drug-likeness (QED) is 0.428. The predicted molar refractivity (Wildman–Crippen MR) is 122 cm³/mol. The number of pyridine rings is 1. The Morgan fingerprint density at radius 3 is 2.52 bits per heavy atom. The van der Waals surface area contributed by atoms with Gasteiger partial charge in [0.1, 0.15) is 11.4 Å². The zero-order valence-electron chi connectivity index (χ0n) is 16.7. The highest BCUT2D eigenvalue weighted by atomic mass is 32.2. The molecule has 2 heterocycles. The molecule has 0 fully saturated rings. The van der Waals surface area contributed by atoms with Gasteiger partial charge in [0.25, 0.3) is 10.0 Å². The maximum Gasteiger partial charge on any atom is 0.262 e. The molecule has 1 N–H and O–H groups in total. The Morgan fingerprint density at radius 1 is 0.903 bits per heavy atom. The van der Waals surface area contributed by atoms with E-state index in [1.54, 1.807) is 30.3 Å². The molecule has 3 aromatic carbocycles. The fraction of sp³-hybridized carbons (Fsp3) is 0.0417. The largest absolute Gasteiger partial charge is 0.495 e. The second kappa shape index (κ2) is 7.45.